The predicted octanol–water partition coefficient (Wildman–Crippen LogP) is -4.44. The Hall–Kier alpha value is 0.604. The van der Waals surface area contributed by atoms with Crippen LogP contribution in [0.2, 0.25) is 0 Å². The Bertz CT molecular complexity index is 33.8. The van der Waals surface area contributed by atoms with E-state index in [0.717, 1.165) is 0 Å². The molecule has 0 saturated heterocycles. The third kappa shape index (κ3) is 164. The van der Waals surface area contributed by atoms with E-state index >= 15 is 0 Å². The van der Waals surface area contributed by atoms with Crippen LogP contribution in [0.5, 0.6) is 0 Å². The molecule has 0 fully saturated rings. The maximum absolute atomic E-state index is 8.52. The number of hydrogen-bond acceptors (Lipinski definition) is 3. The van der Waals surface area contributed by atoms with Crippen molar-refractivity contribution in [2.24, 2.45) is 0 Å². The van der Waals surface area contributed by atoms with Gasteiger partial charge in [-0.15, -0.1) is 0 Å². The van der Waals surface area contributed by atoms with Crippen molar-refractivity contribution >= 4 is 44.9 Å². The molecule has 0 aliphatic carbocycles. The molecule has 0 unspecified atom stereocenters. The maximum Gasteiger partial charge on any atom is 2.00 e. The largest absolute Gasteiger partial charge is 2.00 e. The molecule has 32 valence electrons. The molecular weight excluding hydrogens is 294 g/mol. The van der Waals surface area contributed by atoms with Gasteiger partial charge in [0.1, 0.15) is 0 Å². The molecule has 0 aromatic carbocycles. The summed E-state index contributed by atoms with van der Waals surface area (Å²) in [5.74, 6) is 0. The zero-order valence-electron chi connectivity index (χ0n) is 2.22. The van der Waals surface area contributed by atoms with Crippen LogP contribution in [0.25, 0.3) is 0 Å². The van der Waals surface area contributed by atoms with Crippen molar-refractivity contribution in [1.82, 2.24) is 0 Å². The van der Waals surface area contributed by atoms with Crippen LogP contribution in [0, 0.1) is 0 Å². The van der Waals surface area contributed by atoms with Gasteiger partial charge in [-0.25, -0.2) is 0 Å². The minimum atomic E-state index is -3.63. The topological polar surface area (TPSA) is 63.2 Å². The Kier molecular flexibility index (Phi) is 24.3. The first-order chi connectivity index (χ1) is 1.73. The van der Waals surface area contributed by atoms with Crippen molar-refractivity contribution in [1.29, 1.82) is 0 Å². The Morgan fingerprint density at radius 2 is 1.33 bits per heavy atom. The number of hydrogen-bond donors (Lipinski definition) is 0. The molecule has 0 heterocycles. The van der Waals surface area contributed by atoms with E-state index in [9.17, 15) is 0 Å². The van der Waals surface area contributed by atoms with E-state index in [1.165, 1.54) is 0 Å². The monoisotopic (exact) mass is 298 g/mol. The first kappa shape index (κ1) is 16.0. The molecule has 6 heteroatoms. The smallest absolute Gasteiger partial charge is 0.672 e. The predicted molar refractivity (Wildman–Crippen MR) is 22.1 cm³/mol. The standard InChI is InChI=1S/BH3.O3Si.Pb/c;1-4(2)3;/h1H3;;/q;-2;+2. The van der Waals surface area contributed by atoms with Crippen LogP contribution < -0.4 is 9.59 Å². The second-order valence-corrected chi connectivity index (χ2v) is 0.750. The van der Waals surface area contributed by atoms with Gasteiger partial charge in [-0.3, -0.25) is 0 Å². The SMILES string of the molecule is B.O=[Si]([O-])[O-].[Pb+2]. The minimum absolute atomic E-state index is 0. The van der Waals surface area contributed by atoms with Crippen molar-refractivity contribution in [2.75, 3.05) is 0 Å². The Labute approximate surface area is 59.0 Å². The van der Waals surface area contributed by atoms with Gasteiger partial charge in [0.15, 0.2) is 0 Å². The van der Waals surface area contributed by atoms with Crippen molar-refractivity contribution < 1.29 is 14.1 Å². The molecule has 0 spiro atoms. The van der Waals surface area contributed by atoms with Gasteiger partial charge in [-0.2, -0.15) is 0 Å². The normalized spacial score (nSPS) is 4.00. The number of rotatable bonds is 0. The van der Waals surface area contributed by atoms with Crippen LogP contribution in [0.15, 0.2) is 0 Å². The summed E-state index contributed by atoms with van der Waals surface area (Å²) < 4.78 is 8.52. The molecule has 0 aromatic rings. The molecule has 0 aliphatic rings. The zero-order chi connectivity index (χ0) is 3.58. The summed E-state index contributed by atoms with van der Waals surface area (Å²) in [7, 11) is -3.63. The van der Waals surface area contributed by atoms with E-state index in [0.29, 0.717) is 0 Å². The molecule has 0 aromatic heterocycles. The molecule has 0 amide bonds. The van der Waals surface area contributed by atoms with Crippen LogP contribution >= 0.6 is 0 Å². The molecule has 0 aliphatic heterocycles. The molecule has 0 atom stereocenters. The fourth-order valence-electron chi connectivity index (χ4n) is 0. The van der Waals surface area contributed by atoms with Gasteiger partial charge in [-0.1, -0.05) is 0 Å². The van der Waals surface area contributed by atoms with Crippen molar-refractivity contribution in [3.63, 3.8) is 0 Å². The van der Waals surface area contributed by atoms with Gasteiger partial charge >= 0.3 is 27.3 Å². The van der Waals surface area contributed by atoms with Crippen LogP contribution in [-0.2, 0) is 4.46 Å². The summed E-state index contributed by atoms with van der Waals surface area (Å²) in [5, 5.41) is 0. The van der Waals surface area contributed by atoms with E-state index in [4.69, 9.17) is 14.1 Å². The third-order valence-corrected chi connectivity index (χ3v) is 0. The Morgan fingerprint density at radius 3 is 1.33 bits per heavy atom. The Morgan fingerprint density at radius 1 is 1.33 bits per heavy atom. The van der Waals surface area contributed by atoms with Crippen molar-refractivity contribution in [3.05, 3.63) is 0 Å². The van der Waals surface area contributed by atoms with E-state index in [1.807, 2.05) is 0 Å². The van der Waals surface area contributed by atoms with Crippen LogP contribution in [0.3, 0.4) is 0 Å². The summed E-state index contributed by atoms with van der Waals surface area (Å²) in [4.78, 5) is 17.0. The molecule has 0 bridgehead atoms. The fraction of sp³-hybridized carbons (Fsp3) is 0. The molecule has 0 saturated carbocycles. The molecule has 2 radical (unpaired) electrons. The summed E-state index contributed by atoms with van der Waals surface area (Å²) in [6.07, 6.45) is 0. The average molecular weight is 297 g/mol. The summed E-state index contributed by atoms with van der Waals surface area (Å²) in [6.45, 7) is 0. The van der Waals surface area contributed by atoms with Gasteiger partial charge in [-0.05, 0) is 0 Å². The first-order valence-corrected chi connectivity index (χ1v) is 1.84. The quantitative estimate of drug-likeness (QED) is 0.424. The van der Waals surface area contributed by atoms with Gasteiger partial charge in [0, 0.05) is 9.17 Å². The first-order valence-electron chi connectivity index (χ1n) is 0.612. The van der Waals surface area contributed by atoms with Crippen LogP contribution in [0.1, 0.15) is 0 Å². The second kappa shape index (κ2) is 9.15. The molecule has 0 N–H and O–H groups in total. The summed E-state index contributed by atoms with van der Waals surface area (Å²) in [6, 6.07) is 0. The van der Waals surface area contributed by atoms with E-state index in [2.05, 4.69) is 0 Å². The van der Waals surface area contributed by atoms with E-state index < -0.39 is 9.17 Å². The van der Waals surface area contributed by atoms with Crippen LogP contribution in [0.4, 0.5) is 0 Å². The van der Waals surface area contributed by atoms with Crippen LogP contribution in [-0.4, -0.2) is 44.9 Å². The van der Waals surface area contributed by atoms with E-state index in [1.54, 1.807) is 0 Å². The third-order valence-electron chi connectivity index (χ3n) is 0. The molecular formula is H3BO3PbSi. The van der Waals surface area contributed by atoms with Crippen molar-refractivity contribution in [3.8, 4) is 0 Å². The molecule has 6 heavy (non-hydrogen) atoms. The summed E-state index contributed by atoms with van der Waals surface area (Å²) in [5.41, 5.74) is 0. The Balaban J connectivity index is -0.0000000450. The van der Waals surface area contributed by atoms with Gasteiger partial charge in [0.2, 0.25) is 0 Å². The minimum Gasteiger partial charge on any atom is -0.672 e. The van der Waals surface area contributed by atoms with E-state index in [-0.39, 0.29) is 35.7 Å². The molecule has 3 nitrogen and oxygen atoms in total. The zero-order valence-corrected chi connectivity index (χ0v) is 7.11. The van der Waals surface area contributed by atoms with Gasteiger partial charge in [0.25, 0.3) is 0 Å². The summed E-state index contributed by atoms with van der Waals surface area (Å²) >= 11 is 0. The fourth-order valence-corrected chi connectivity index (χ4v) is 0. The second-order valence-electron chi connectivity index (χ2n) is 0.250. The maximum atomic E-state index is 8.52. The van der Waals surface area contributed by atoms with Gasteiger partial charge < -0.3 is 14.1 Å². The average Bonchev–Trinajstić information content (AvgIpc) is 0.811. The van der Waals surface area contributed by atoms with Crippen molar-refractivity contribution in [2.45, 2.75) is 0 Å². The molecule has 0 rings (SSSR count). The van der Waals surface area contributed by atoms with Gasteiger partial charge in [0.05, 0.1) is 8.41 Å².